The Kier molecular flexibility index (Phi) is 8.62. The second-order valence-corrected chi connectivity index (χ2v) is 10.2. The summed E-state index contributed by atoms with van der Waals surface area (Å²) in [6.07, 6.45) is 4.86. The van der Waals surface area contributed by atoms with Crippen molar-refractivity contribution in [3.63, 3.8) is 0 Å². The van der Waals surface area contributed by atoms with Crippen LogP contribution in [-0.4, -0.2) is 90.5 Å². The highest BCUT2D eigenvalue weighted by molar-refractivity contribution is 7.81. The Labute approximate surface area is 211 Å². The van der Waals surface area contributed by atoms with Gasteiger partial charge < -0.3 is 9.64 Å². The van der Waals surface area contributed by atoms with E-state index in [1.54, 1.807) is 23.1 Å². The van der Waals surface area contributed by atoms with Gasteiger partial charge in [-0.25, -0.2) is 4.39 Å². The van der Waals surface area contributed by atoms with Gasteiger partial charge >= 0.3 is 5.97 Å². The average Bonchev–Trinajstić information content (AvgIpc) is 3.70. The molecule has 2 heterocycles. The summed E-state index contributed by atoms with van der Waals surface area (Å²) in [5.74, 6) is -0.516. The van der Waals surface area contributed by atoms with Crippen molar-refractivity contribution in [2.24, 2.45) is 5.92 Å². The summed E-state index contributed by atoms with van der Waals surface area (Å²) in [4.78, 5) is 43.0. The maximum atomic E-state index is 14.7. The van der Waals surface area contributed by atoms with Crippen LogP contribution in [0.4, 0.5) is 4.39 Å². The standard InChI is InChI=1S/C26H34FN3O4S/c1-34-24(32)10-13-29-15-14-28(17-23(29)31)11-8-19-16-30(12-9-22(19)35)25(26(33)18-6-7-18)20-4-2-3-5-21(20)27/h2-5,8,18,22,25,35H,6-7,9-17H2,1H3. The van der Waals surface area contributed by atoms with Crippen LogP contribution < -0.4 is 0 Å². The van der Waals surface area contributed by atoms with Gasteiger partial charge in [0, 0.05) is 56.0 Å². The molecule has 190 valence electrons. The summed E-state index contributed by atoms with van der Waals surface area (Å²) in [5, 5.41) is 0.0700. The normalized spacial score (nSPS) is 24.0. The smallest absolute Gasteiger partial charge is 0.307 e. The van der Waals surface area contributed by atoms with Gasteiger partial charge in [-0.1, -0.05) is 24.3 Å². The molecule has 1 saturated carbocycles. The van der Waals surface area contributed by atoms with Crippen LogP contribution in [-0.2, 0) is 19.1 Å². The first-order chi connectivity index (χ1) is 16.9. The van der Waals surface area contributed by atoms with E-state index < -0.39 is 6.04 Å². The van der Waals surface area contributed by atoms with E-state index in [-0.39, 0.29) is 41.1 Å². The second kappa shape index (κ2) is 11.7. The van der Waals surface area contributed by atoms with Crippen LogP contribution in [0.1, 0.15) is 37.3 Å². The number of nitrogens with zero attached hydrogens (tertiary/aromatic N) is 3. The maximum absolute atomic E-state index is 14.7. The fourth-order valence-electron chi connectivity index (χ4n) is 4.86. The number of thiol groups is 1. The summed E-state index contributed by atoms with van der Waals surface area (Å²) >= 11 is 4.77. The molecule has 1 aromatic carbocycles. The SMILES string of the molecule is COC(=O)CCN1CCN(CC=C2CN(C(C(=O)C3CC3)c3ccccc3F)CCC2S)CC1=O. The highest BCUT2D eigenvalue weighted by Crippen LogP contribution is 2.39. The van der Waals surface area contributed by atoms with Crippen molar-refractivity contribution in [1.29, 1.82) is 0 Å². The molecule has 0 bridgehead atoms. The van der Waals surface area contributed by atoms with E-state index >= 15 is 0 Å². The maximum Gasteiger partial charge on any atom is 0.307 e. The number of methoxy groups -OCH3 is 1. The fraction of sp³-hybridized carbons (Fsp3) is 0.577. The zero-order chi connectivity index (χ0) is 24.9. The highest BCUT2D eigenvalue weighted by atomic mass is 32.1. The Morgan fingerprint density at radius 2 is 1.94 bits per heavy atom. The van der Waals surface area contributed by atoms with Crippen LogP contribution in [0.3, 0.4) is 0 Å². The van der Waals surface area contributed by atoms with E-state index in [1.807, 2.05) is 0 Å². The third-order valence-electron chi connectivity index (χ3n) is 7.14. The molecule has 0 N–H and O–H groups in total. The van der Waals surface area contributed by atoms with Crippen molar-refractivity contribution in [3.05, 3.63) is 47.3 Å². The first kappa shape index (κ1) is 25.9. The Bertz CT molecular complexity index is 983. The molecule has 0 spiro atoms. The minimum absolute atomic E-state index is 0.000828. The van der Waals surface area contributed by atoms with E-state index in [1.165, 1.54) is 13.2 Å². The van der Waals surface area contributed by atoms with E-state index in [0.29, 0.717) is 44.8 Å². The number of carbonyl (C=O) groups is 3. The number of amides is 1. The number of esters is 1. The lowest BCUT2D eigenvalue weighted by Gasteiger charge is -2.38. The second-order valence-electron chi connectivity index (χ2n) is 9.60. The predicted octanol–water partition coefficient (Wildman–Crippen LogP) is 2.48. The molecule has 1 aliphatic carbocycles. The molecule has 2 unspecified atom stereocenters. The molecule has 3 fully saturated rings. The van der Waals surface area contributed by atoms with Gasteiger partial charge in [-0.05, 0) is 30.9 Å². The topological polar surface area (TPSA) is 70.2 Å². The molecular formula is C26H34FN3O4S. The number of rotatable bonds is 9. The van der Waals surface area contributed by atoms with Crippen molar-refractivity contribution in [2.75, 3.05) is 52.9 Å². The fourth-order valence-corrected chi connectivity index (χ4v) is 5.16. The number of ether oxygens (including phenoxy) is 1. The molecule has 2 aliphatic heterocycles. The minimum Gasteiger partial charge on any atom is -0.469 e. The van der Waals surface area contributed by atoms with Crippen LogP contribution in [0.15, 0.2) is 35.9 Å². The monoisotopic (exact) mass is 503 g/mol. The van der Waals surface area contributed by atoms with E-state index in [0.717, 1.165) is 31.4 Å². The molecule has 4 rings (SSSR count). The molecule has 1 amide bonds. The first-order valence-corrected chi connectivity index (χ1v) is 12.8. The van der Waals surface area contributed by atoms with Gasteiger partial charge in [0.1, 0.15) is 5.82 Å². The largest absolute Gasteiger partial charge is 0.469 e. The van der Waals surface area contributed by atoms with Crippen LogP contribution in [0.5, 0.6) is 0 Å². The molecule has 1 aromatic rings. The summed E-state index contributed by atoms with van der Waals surface area (Å²) in [7, 11) is 1.34. The van der Waals surface area contributed by atoms with Crippen molar-refractivity contribution >= 4 is 30.3 Å². The molecule has 35 heavy (non-hydrogen) atoms. The van der Waals surface area contributed by atoms with Gasteiger partial charge in [-0.2, -0.15) is 12.6 Å². The van der Waals surface area contributed by atoms with Gasteiger partial charge in [0.25, 0.3) is 0 Å². The predicted molar refractivity (Wildman–Crippen MR) is 134 cm³/mol. The number of piperazine rings is 1. The molecule has 0 aromatic heterocycles. The Morgan fingerprint density at radius 3 is 2.63 bits per heavy atom. The van der Waals surface area contributed by atoms with Crippen molar-refractivity contribution in [3.8, 4) is 0 Å². The summed E-state index contributed by atoms with van der Waals surface area (Å²) < 4.78 is 19.4. The molecule has 2 saturated heterocycles. The number of halogens is 1. The molecule has 0 radical (unpaired) electrons. The number of Topliss-reactive ketones (excluding diaryl/α,β-unsaturated/α-hetero) is 1. The van der Waals surface area contributed by atoms with Crippen LogP contribution >= 0.6 is 12.6 Å². The molecule has 2 atom stereocenters. The summed E-state index contributed by atoms with van der Waals surface area (Å²) in [6, 6.07) is 6.01. The third kappa shape index (κ3) is 6.51. The van der Waals surface area contributed by atoms with Crippen LogP contribution in [0.2, 0.25) is 0 Å². The van der Waals surface area contributed by atoms with Gasteiger partial charge in [-0.15, -0.1) is 0 Å². The number of likely N-dealkylation sites (tertiary alicyclic amines) is 1. The lowest BCUT2D eigenvalue weighted by atomic mass is 9.93. The molecule has 7 nitrogen and oxygen atoms in total. The van der Waals surface area contributed by atoms with Gasteiger partial charge in [0.05, 0.1) is 26.1 Å². The molecule has 9 heteroatoms. The Hall–Kier alpha value is -2.23. The number of benzene rings is 1. The highest BCUT2D eigenvalue weighted by Gasteiger charge is 2.40. The number of hydrogen-bond donors (Lipinski definition) is 1. The van der Waals surface area contributed by atoms with Gasteiger partial charge in [0.15, 0.2) is 5.78 Å². The van der Waals surface area contributed by atoms with Crippen molar-refractivity contribution in [2.45, 2.75) is 37.0 Å². The van der Waals surface area contributed by atoms with Crippen LogP contribution in [0, 0.1) is 11.7 Å². The van der Waals surface area contributed by atoms with Crippen molar-refractivity contribution in [1.82, 2.24) is 14.7 Å². The lowest BCUT2D eigenvalue weighted by Crippen LogP contribution is -2.50. The quantitative estimate of drug-likeness (QED) is 0.317. The summed E-state index contributed by atoms with van der Waals surface area (Å²) in [6.45, 7) is 3.80. The van der Waals surface area contributed by atoms with E-state index in [4.69, 9.17) is 12.6 Å². The average molecular weight is 504 g/mol. The van der Waals surface area contributed by atoms with Gasteiger partial charge in [0.2, 0.25) is 5.91 Å². The zero-order valence-corrected chi connectivity index (χ0v) is 21.1. The van der Waals surface area contributed by atoms with Crippen molar-refractivity contribution < 1.29 is 23.5 Å². The molecule has 3 aliphatic rings. The summed E-state index contributed by atoms with van der Waals surface area (Å²) in [5.41, 5.74) is 1.56. The third-order valence-corrected chi connectivity index (χ3v) is 7.73. The Morgan fingerprint density at radius 1 is 1.17 bits per heavy atom. The number of ketones is 1. The van der Waals surface area contributed by atoms with Gasteiger partial charge in [-0.3, -0.25) is 24.2 Å². The minimum atomic E-state index is -0.576. The van der Waals surface area contributed by atoms with Crippen LogP contribution in [0.25, 0.3) is 0 Å². The lowest BCUT2D eigenvalue weighted by molar-refractivity contribution is -0.142. The molecular weight excluding hydrogens is 469 g/mol. The van der Waals surface area contributed by atoms with E-state index in [2.05, 4.69) is 20.6 Å². The first-order valence-electron chi connectivity index (χ1n) is 12.3. The Balaban J connectivity index is 1.40. The number of hydrogen-bond acceptors (Lipinski definition) is 7. The van der Waals surface area contributed by atoms with E-state index in [9.17, 15) is 18.8 Å². The number of carbonyl (C=O) groups excluding carboxylic acids is 3. The number of piperidine rings is 1. The zero-order valence-electron chi connectivity index (χ0n) is 20.2.